The minimum absolute atomic E-state index is 0.0335. The van der Waals surface area contributed by atoms with Gasteiger partial charge in [-0.1, -0.05) is 18.2 Å². The van der Waals surface area contributed by atoms with Crippen molar-refractivity contribution in [3.8, 4) is 22.8 Å². The van der Waals surface area contributed by atoms with Gasteiger partial charge in [0.1, 0.15) is 22.8 Å². The molecule has 0 bridgehead atoms. The van der Waals surface area contributed by atoms with Gasteiger partial charge in [0.05, 0.1) is 0 Å². The van der Waals surface area contributed by atoms with E-state index in [1.807, 2.05) is 75.4 Å². The van der Waals surface area contributed by atoms with Gasteiger partial charge in [0.15, 0.2) is 17.4 Å². The topological polar surface area (TPSA) is 81.9 Å². The zero-order valence-corrected chi connectivity index (χ0v) is 20.0. The number of amides is 1. The van der Waals surface area contributed by atoms with Crippen molar-refractivity contribution in [1.82, 2.24) is 9.88 Å². The number of ether oxygens (including phenoxy) is 2. The molecule has 0 aliphatic carbocycles. The van der Waals surface area contributed by atoms with E-state index in [-0.39, 0.29) is 23.6 Å². The Kier molecular flexibility index (Phi) is 6.72. The molecule has 0 N–H and O–H groups in total. The van der Waals surface area contributed by atoms with Crippen molar-refractivity contribution in [3.63, 3.8) is 0 Å². The number of ketones is 1. The summed E-state index contributed by atoms with van der Waals surface area (Å²) >= 11 is 0. The molecule has 0 unspecified atom stereocenters. The Labute approximate surface area is 199 Å². The van der Waals surface area contributed by atoms with Crippen molar-refractivity contribution in [2.45, 2.75) is 52.1 Å². The fraction of sp³-hybridized carbons (Fsp3) is 0.370. The van der Waals surface area contributed by atoms with E-state index in [2.05, 4.69) is 0 Å². The van der Waals surface area contributed by atoms with Gasteiger partial charge in [0.2, 0.25) is 0 Å². The van der Waals surface area contributed by atoms with E-state index in [9.17, 15) is 9.59 Å². The van der Waals surface area contributed by atoms with Crippen LogP contribution in [0.25, 0.3) is 11.3 Å². The van der Waals surface area contributed by atoms with Crippen LogP contribution in [0, 0.1) is 0 Å². The number of carbonyl (C=O) groups excluding carboxylic acids is 2. The molecule has 1 saturated heterocycles. The molecular weight excluding hydrogens is 432 g/mol. The van der Waals surface area contributed by atoms with E-state index in [4.69, 9.17) is 18.9 Å². The summed E-state index contributed by atoms with van der Waals surface area (Å²) in [6, 6.07) is 17.0. The van der Waals surface area contributed by atoms with Gasteiger partial charge in [-0.3, -0.25) is 4.79 Å². The van der Waals surface area contributed by atoms with E-state index >= 15 is 0 Å². The van der Waals surface area contributed by atoms with E-state index in [0.717, 1.165) is 11.3 Å². The minimum atomic E-state index is -0.524. The second kappa shape index (κ2) is 9.71. The third kappa shape index (κ3) is 5.65. The van der Waals surface area contributed by atoms with Gasteiger partial charge >= 0.3 is 6.09 Å². The number of carbonyl (C=O) groups is 2. The summed E-state index contributed by atoms with van der Waals surface area (Å²) in [4.78, 5) is 31.0. The van der Waals surface area contributed by atoms with Gasteiger partial charge in [-0.25, -0.2) is 9.78 Å². The van der Waals surface area contributed by atoms with E-state index < -0.39 is 5.60 Å². The molecule has 1 amide bonds. The van der Waals surface area contributed by atoms with Gasteiger partial charge in [0.25, 0.3) is 0 Å². The van der Waals surface area contributed by atoms with Crippen molar-refractivity contribution in [1.29, 1.82) is 0 Å². The van der Waals surface area contributed by atoms with Crippen molar-refractivity contribution in [3.05, 3.63) is 66.2 Å². The highest BCUT2D eigenvalue weighted by Crippen LogP contribution is 2.34. The highest BCUT2D eigenvalue weighted by atomic mass is 16.6. The van der Waals surface area contributed by atoms with Crippen molar-refractivity contribution >= 4 is 11.9 Å². The second-order valence-electron chi connectivity index (χ2n) is 9.47. The van der Waals surface area contributed by atoms with Crippen LogP contribution in [0.1, 0.15) is 62.9 Å². The molecule has 2 heterocycles. The van der Waals surface area contributed by atoms with Crippen LogP contribution in [0.3, 0.4) is 0 Å². The fourth-order valence-corrected chi connectivity index (χ4v) is 3.89. The summed E-state index contributed by atoms with van der Waals surface area (Å²) in [5.74, 6) is 2.09. The average molecular weight is 463 g/mol. The standard InChI is InChI=1S/C27H30N2O5/c1-18(30)24-23(19-10-12-22(13-11-19)32-21-8-6-5-7-9-21)28-25(33-24)20-14-16-29(17-15-20)26(31)34-27(2,3)4/h5-13,20H,14-17H2,1-4H3. The van der Waals surface area contributed by atoms with Crippen molar-refractivity contribution in [2.75, 3.05) is 13.1 Å². The normalized spacial score (nSPS) is 14.6. The van der Waals surface area contributed by atoms with E-state index in [0.29, 0.717) is 43.3 Å². The molecule has 1 aromatic heterocycles. The maximum absolute atomic E-state index is 12.3. The fourth-order valence-electron chi connectivity index (χ4n) is 3.89. The number of piperidine rings is 1. The molecule has 178 valence electrons. The molecule has 7 heteroatoms. The lowest BCUT2D eigenvalue weighted by Gasteiger charge is -2.32. The van der Waals surface area contributed by atoms with Crippen LogP contribution >= 0.6 is 0 Å². The number of hydrogen-bond donors (Lipinski definition) is 0. The largest absolute Gasteiger partial charge is 0.457 e. The van der Waals surface area contributed by atoms with Gasteiger partial charge in [-0.15, -0.1) is 0 Å². The Hall–Kier alpha value is -3.61. The van der Waals surface area contributed by atoms with Crippen LogP contribution in [0.4, 0.5) is 4.79 Å². The van der Waals surface area contributed by atoms with E-state index in [1.54, 1.807) is 4.90 Å². The Morgan fingerprint density at radius 3 is 2.18 bits per heavy atom. The van der Waals surface area contributed by atoms with Crippen molar-refractivity contribution < 1.29 is 23.5 Å². The maximum Gasteiger partial charge on any atom is 0.410 e. The number of oxazole rings is 1. The van der Waals surface area contributed by atoms with Crippen molar-refractivity contribution in [2.24, 2.45) is 0 Å². The number of nitrogens with zero attached hydrogens (tertiary/aromatic N) is 2. The van der Waals surface area contributed by atoms with Gasteiger partial charge < -0.3 is 18.8 Å². The smallest absolute Gasteiger partial charge is 0.410 e. The van der Waals surface area contributed by atoms with Crippen LogP contribution < -0.4 is 4.74 Å². The zero-order chi connectivity index (χ0) is 24.3. The van der Waals surface area contributed by atoms with Gasteiger partial charge in [-0.05, 0) is 70.0 Å². The summed E-state index contributed by atoms with van der Waals surface area (Å²) in [5.41, 5.74) is 0.791. The number of hydrogen-bond acceptors (Lipinski definition) is 6. The molecule has 34 heavy (non-hydrogen) atoms. The van der Waals surface area contributed by atoms with E-state index in [1.165, 1.54) is 6.92 Å². The van der Waals surface area contributed by atoms with Crippen LogP contribution in [0.15, 0.2) is 59.0 Å². The Morgan fingerprint density at radius 1 is 0.971 bits per heavy atom. The number of likely N-dealkylation sites (tertiary alicyclic amines) is 1. The van der Waals surface area contributed by atoms with Crippen LogP contribution in [-0.4, -0.2) is 40.5 Å². The molecule has 4 rings (SSSR count). The summed E-state index contributed by atoms with van der Waals surface area (Å²) in [6.45, 7) is 8.16. The lowest BCUT2D eigenvalue weighted by atomic mass is 9.97. The highest BCUT2D eigenvalue weighted by molar-refractivity contribution is 5.97. The monoisotopic (exact) mass is 462 g/mol. The SMILES string of the molecule is CC(=O)c1oc(C2CCN(C(=O)OC(C)(C)C)CC2)nc1-c1ccc(Oc2ccccc2)cc1. The minimum Gasteiger partial charge on any atom is -0.457 e. The molecule has 0 radical (unpaired) electrons. The Balaban J connectivity index is 1.47. The lowest BCUT2D eigenvalue weighted by Crippen LogP contribution is -2.41. The Morgan fingerprint density at radius 2 is 1.59 bits per heavy atom. The average Bonchev–Trinajstić information content (AvgIpc) is 3.25. The van der Waals surface area contributed by atoms with Crippen LogP contribution in [0.2, 0.25) is 0 Å². The molecule has 1 fully saturated rings. The molecule has 0 spiro atoms. The molecule has 1 aliphatic heterocycles. The lowest BCUT2D eigenvalue weighted by molar-refractivity contribution is 0.0199. The third-order valence-corrected chi connectivity index (χ3v) is 5.57. The third-order valence-electron chi connectivity index (χ3n) is 5.57. The Bertz CT molecular complexity index is 1140. The first kappa shape index (κ1) is 23.5. The number of para-hydroxylation sites is 1. The number of benzene rings is 2. The summed E-state index contributed by atoms with van der Waals surface area (Å²) < 4.78 is 17.3. The molecular formula is C27H30N2O5. The number of Topliss-reactive ketones (excluding diaryl/α,β-unsaturated/α-hetero) is 1. The summed E-state index contributed by atoms with van der Waals surface area (Å²) in [6.07, 6.45) is 1.09. The molecule has 3 aromatic rings. The van der Waals surface area contributed by atoms with Gasteiger partial charge in [0, 0.05) is 31.5 Å². The number of rotatable bonds is 5. The van der Waals surface area contributed by atoms with Gasteiger partial charge in [-0.2, -0.15) is 0 Å². The maximum atomic E-state index is 12.3. The first-order valence-corrected chi connectivity index (χ1v) is 11.5. The molecule has 7 nitrogen and oxygen atoms in total. The highest BCUT2D eigenvalue weighted by Gasteiger charge is 2.31. The predicted molar refractivity (Wildman–Crippen MR) is 128 cm³/mol. The number of aromatic nitrogens is 1. The summed E-state index contributed by atoms with van der Waals surface area (Å²) in [7, 11) is 0. The molecule has 2 aromatic carbocycles. The van der Waals surface area contributed by atoms with Crippen LogP contribution in [-0.2, 0) is 4.74 Å². The molecule has 1 aliphatic rings. The first-order valence-electron chi connectivity index (χ1n) is 11.5. The molecule has 0 atom stereocenters. The second-order valence-corrected chi connectivity index (χ2v) is 9.47. The molecule has 0 saturated carbocycles. The zero-order valence-electron chi connectivity index (χ0n) is 20.0. The summed E-state index contributed by atoms with van der Waals surface area (Å²) in [5, 5.41) is 0. The first-order chi connectivity index (χ1) is 16.2. The van der Waals surface area contributed by atoms with Crippen LogP contribution in [0.5, 0.6) is 11.5 Å². The quantitative estimate of drug-likeness (QED) is 0.405. The predicted octanol–water partition coefficient (Wildman–Crippen LogP) is 6.45.